The lowest BCUT2D eigenvalue weighted by Crippen LogP contribution is -2.14. The molecule has 2 rings (SSSR count). The lowest BCUT2D eigenvalue weighted by molar-refractivity contribution is 0.0443. The zero-order chi connectivity index (χ0) is 17.4. The van der Waals surface area contributed by atoms with E-state index >= 15 is 0 Å². The molecule has 0 bridgehead atoms. The molecular formula is C19H22O5. The fourth-order valence-corrected chi connectivity index (χ4v) is 2.27. The Hall–Kier alpha value is -2.69. The van der Waals surface area contributed by atoms with Gasteiger partial charge < -0.3 is 18.9 Å². The highest BCUT2D eigenvalue weighted by Crippen LogP contribution is 2.28. The molecule has 0 saturated heterocycles. The Morgan fingerprint density at radius 2 is 1.62 bits per heavy atom. The highest BCUT2D eigenvalue weighted by molar-refractivity contribution is 5.95. The van der Waals surface area contributed by atoms with Crippen LogP contribution in [0.25, 0.3) is 0 Å². The molecule has 0 unspecified atom stereocenters. The van der Waals surface area contributed by atoms with E-state index in [2.05, 4.69) is 6.92 Å². The van der Waals surface area contributed by atoms with Crippen LogP contribution in [0.3, 0.4) is 0 Å². The van der Waals surface area contributed by atoms with Crippen LogP contribution in [0.1, 0.15) is 22.8 Å². The van der Waals surface area contributed by atoms with E-state index in [-0.39, 0.29) is 18.8 Å². The lowest BCUT2D eigenvalue weighted by atomic mass is 10.2. The number of aryl methyl sites for hydroxylation is 1. The quantitative estimate of drug-likeness (QED) is 0.548. The van der Waals surface area contributed by atoms with Crippen molar-refractivity contribution in [1.29, 1.82) is 0 Å². The number of carbonyl (C=O) groups is 1. The number of benzene rings is 2. The summed E-state index contributed by atoms with van der Waals surface area (Å²) in [5.41, 5.74) is 1.47. The van der Waals surface area contributed by atoms with Gasteiger partial charge in [-0.3, -0.25) is 0 Å². The summed E-state index contributed by atoms with van der Waals surface area (Å²) in [5, 5.41) is 0. The van der Waals surface area contributed by atoms with Gasteiger partial charge in [0.05, 0.1) is 14.2 Å². The molecule has 0 spiro atoms. The van der Waals surface area contributed by atoms with E-state index in [1.807, 2.05) is 24.3 Å². The minimum absolute atomic E-state index is 0.135. The van der Waals surface area contributed by atoms with Gasteiger partial charge in [0.25, 0.3) is 0 Å². The Morgan fingerprint density at radius 3 is 2.25 bits per heavy atom. The zero-order valence-corrected chi connectivity index (χ0v) is 14.2. The van der Waals surface area contributed by atoms with Gasteiger partial charge in [-0.05, 0) is 36.2 Å². The molecule has 0 amide bonds. The Morgan fingerprint density at radius 1 is 0.958 bits per heavy atom. The predicted octanol–water partition coefficient (Wildman–Crippen LogP) is 3.50. The average molecular weight is 330 g/mol. The molecule has 0 aliphatic carbocycles. The monoisotopic (exact) mass is 330 g/mol. The Balaban J connectivity index is 1.92. The summed E-state index contributed by atoms with van der Waals surface area (Å²) in [5.74, 6) is 1.09. The van der Waals surface area contributed by atoms with Crippen molar-refractivity contribution < 1.29 is 23.7 Å². The Kier molecular flexibility index (Phi) is 6.49. The van der Waals surface area contributed by atoms with Crippen molar-refractivity contribution in [2.75, 3.05) is 27.4 Å². The second kappa shape index (κ2) is 8.82. The van der Waals surface area contributed by atoms with Crippen molar-refractivity contribution in [1.82, 2.24) is 0 Å². The van der Waals surface area contributed by atoms with Crippen LogP contribution in [0.15, 0.2) is 42.5 Å². The third-order valence-electron chi connectivity index (χ3n) is 3.52. The van der Waals surface area contributed by atoms with Gasteiger partial charge in [0, 0.05) is 0 Å². The highest BCUT2D eigenvalue weighted by atomic mass is 16.6. The molecule has 128 valence electrons. The van der Waals surface area contributed by atoms with Crippen LogP contribution in [-0.4, -0.2) is 33.4 Å². The maximum absolute atomic E-state index is 12.3. The summed E-state index contributed by atoms with van der Waals surface area (Å²) in [7, 11) is 2.99. The molecule has 2 aromatic rings. The Labute approximate surface area is 142 Å². The summed E-state index contributed by atoms with van der Waals surface area (Å²) < 4.78 is 21.3. The van der Waals surface area contributed by atoms with E-state index in [4.69, 9.17) is 18.9 Å². The first-order chi connectivity index (χ1) is 11.7. The first kappa shape index (κ1) is 17.7. The van der Waals surface area contributed by atoms with Crippen molar-refractivity contribution in [3.8, 4) is 17.2 Å². The number of rotatable bonds is 8. The van der Waals surface area contributed by atoms with Gasteiger partial charge in [0.1, 0.15) is 36.0 Å². The van der Waals surface area contributed by atoms with Crippen LogP contribution in [0, 0.1) is 0 Å². The van der Waals surface area contributed by atoms with Gasteiger partial charge in [0.15, 0.2) is 0 Å². The van der Waals surface area contributed by atoms with Crippen molar-refractivity contribution in [2.45, 2.75) is 13.3 Å². The minimum atomic E-state index is -0.504. The topological polar surface area (TPSA) is 54.0 Å². The van der Waals surface area contributed by atoms with Crippen LogP contribution >= 0.6 is 0 Å². The molecule has 2 aromatic carbocycles. The van der Waals surface area contributed by atoms with E-state index in [0.717, 1.165) is 12.2 Å². The van der Waals surface area contributed by atoms with E-state index in [1.165, 1.54) is 19.8 Å². The molecule has 5 heteroatoms. The fourth-order valence-electron chi connectivity index (χ4n) is 2.27. The van der Waals surface area contributed by atoms with Crippen LogP contribution in [0.4, 0.5) is 0 Å². The SMILES string of the molecule is CCc1cccc(OCCOC(=O)c2c(OC)cccc2OC)c1. The third kappa shape index (κ3) is 4.41. The van der Waals surface area contributed by atoms with E-state index in [0.29, 0.717) is 11.5 Å². The molecule has 0 heterocycles. The largest absolute Gasteiger partial charge is 0.496 e. The second-order valence-corrected chi connectivity index (χ2v) is 5.02. The molecular weight excluding hydrogens is 308 g/mol. The van der Waals surface area contributed by atoms with Crippen LogP contribution < -0.4 is 14.2 Å². The molecule has 24 heavy (non-hydrogen) atoms. The second-order valence-electron chi connectivity index (χ2n) is 5.02. The molecule has 0 radical (unpaired) electrons. The first-order valence-corrected chi connectivity index (χ1v) is 7.79. The van der Waals surface area contributed by atoms with Gasteiger partial charge in [-0.2, -0.15) is 0 Å². The van der Waals surface area contributed by atoms with Gasteiger partial charge in [-0.25, -0.2) is 4.79 Å². The molecule has 0 N–H and O–H groups in total. The highest BCUT2D eigenvalue weighted by Gasteiger charge is 2.19. The molecule has 0 aliphatic rings. The zero-order valence-electron chi connectivity index (χ0n) is 14.2. The summed E-state index contributed by atoms with van der Waals surface area (Å²) in [6, 6.07) is 13.0. The maximum Gasteiger partial charge on any atom is 0.345 e. The molecule has 0 aromatic heterocycles. The molecule has 0 saturated carbocycles. The summed E-state index contributed by atoms with van der Waals surface area (Å²) in [6.45, 7) is 2.49. The van der Waals surface area contributed by atoms with Crippen molar-refractivity contribution >= 4 is 5.97 Å². The first-order valence-electron chi connectivity index (χ1n) is 7.79. The van der Waals surface area contributed by atoms with Crippen molar-refractivity contribution in [3.05, 3.63) is 53.6 Å². The van der Waals surface area contributed by atoms with E-state index in [1.54, 1.807) is 18.2 Å². The summed E-state index contributed by atoms with van der Waals surface area (Å²) >= 11 is 0. The third-order valence-corrected chi connectivity index (χ3v) is 3.52. The number of ether oxygens (including phenoxy) is 4. The minimum Gasteiger partial charge on any atom is -0.496 e. The van der Waals surface area contributed by atoms with Crippen molar-refractivity contribution in [3.63, 3.8) is 0 Å². The average Bonchev–Trinajstić information content (AvgIpc) is 2.64. The lowest BCUT2D eigenvalue weighted by Gasteiger charge is -2.13. The van der Waals surface area contributed by atoms with Gasteiger partial charge in [0.2, 0.25) is 0 Å². The smallest absolute Gasteiger partial charge is 0.345 e. The summed E-state index contributed by atoms with van der Waals surface area (Å²) in [6.07, 6.45) is 0.944. The number of hydrogen-bond acceptors (Lipinski definition) is 5. The number of esters is 1. The van der Waals surface area contributed by atoms with Gasteiger partial charge in [-0.15, -0.1) is 0 Å². The van der Waals surface area contributed by atoms with Crippen LogP contribution in [0.2, 0.25) is 0 Å². The summed E-state index contributed by atoms with van der Waals surface area (Å²) in [4.78, 5) is 12.3. The molecule has 5 nitrogen and oxygen atoms in total. The van der Waals surface area contributed by atoms with Crippen LogP contribution in [0.5, 0.6) is 17.2 Å². The molecule has 0 atom stereocenters. The van der Waals surface area contributed by atoms with E-state index < -0.39 is 5.97 Å². The molecule has 0 fully saturated rings. The van der Waals surface area contributed by atoms with Crippen molar-refractivity contribution in [2.24, 2.45) is 0 Å². The Bertz CT molecular complexity index is 659. The number of methoxy groups -OCH3 is 2. The normalized spacial score (nSPS) is 10.1. The van der Waals surface area contributed by atoms with Gasteiger partial charge in [-0.1, -0.05) is 25.1 Å². The fraction of sp³-hybridized carbons (Fsp3) is 0.316. The standard InChI is InChI=1S/C19H22O5/c1-4-14-7-5-8-15(13-14)23-11-12-24-19(20)18-16(21-2)9-6-10-17(18)22-3/h5-10,13H,4,11-12H2,1-3H3. The predicted molar refractivity (Wildman–Crippen MR) is 91.1 cm³/mol. The maximum atomic E-state index is 12.3. The van der Waals surface area contributed by atoms with E-state index in [9.17, 15) is 4.79 Å². The number of hydrogen-bond donors (Lipinski definition) is 0. The van der Waals surface area contributed by atoms with Gasteiger partial charge >= 0.3 is 5.97 Å². The molecule has 0 aliphatic heterocycles. The number of carbonyl (C=O) groups excluding carboxylic acids is 1. The van der Waals surface area contributed by atoms with Crippen LogP contribution in [-0.2, 0) is 11.2 Å².